The topological polar surface area (TPSA) is 121 Å². The molecule has 0 spiro atoms. The van der Waals surface area contributed by atoms with Gasteiger partial charge in [0.05, 0.1) is 17.8 Å². The molecule has 12 heteroatoms. The van der Waals surface area contributed by atoms with Crippen molar-refractivity contribution < 1.29 is 17.6 Å². The molecule has 0 radical (unpaired) electrons. The number of nitrogens with two attached hydrogens (primary N) is 1. The Morgan fingerprint density at radius 1 is 1.29 bits per heavy atom. The normalized spacial score (nSPS) is 16.2. The maximum Gasteiger partial charge on any atom is 0.406 e. The summed E-state index contributed by atoms with van der Waals surface area (Å²) in [7, 11) is 2.08. The Morgan fingerprint density at radius 2 is 2.06 bits per heavy atom. The standard InChI is InChI=1S/C22H27F3N8O/c1-32-7-5-14(6-8-32)29-17-3-2-4-18-16(17)9-19(33(18)13-22(23,24)25)21-31-30-20(34-21)12-28-15(10-26)11-27/h2-4,9-11,14,26,28-29H,5-8,12-13,27H2,1H3/b15-11+,26-10?. The number of benzene rings is 1. The van der Waals surface area contributed by atoms with Crippen molar-refractivity contribution in [3.63, 3.8) is 0 Å². The van der Waals surface area contributed by atoms with Crippen LogP contribution in [-0.4, -0.2) is 58.2 Å². The van der Waals surface area contributed by atoms with Crippen LogP contribution >= 0.6 is 0 Å². The molecule has 1 aliphatic heterocycles. The Labute approximate surface area is 194 Å². The van der Waals surface area contributed by atoms with Gasteiger partial charge in [-0.15, -0.1) is 10.2 Å². The summed E-state index contributed by atoms with van der Waals surface area (Å²) in [5, 5.41) is 22.2. The Kier molecular flexibility index (Phi) is 6.77. The van der Waals surface area contributed by atoms with E-state index in [4.69, 9.17) is 15.6 Å². The number of halogens is 3. The van der Waals surface area contributed by atoms with Crippen molar-refractivity contribution in [1.82, 2.24) is 25.0 Å². The van der Waals surface area contributed by atoms with Gasteiger partial charge < -0.3 is 35.7 Å². The number of likely N-dealkylation sites (tertiary alicyclic amines) is 1. The van der Waals surface area contributed by atoms with E-state index in [1.807, 2.05) is 6.07 Å². The summed E-state index contributed by atoms with van der Waals surface area (Å²) < 4.78 is 47.3. The highest BCUT2D eigenvalue weighted by Crippen LogP contribution is 2.35. The first kappa shape index (κ1) is 23.6. The highest BCUT2D eigenvalue weighted by Gasteiger charge is 2.31. The van der Waals surface area contributed by atoms with Crippen LogP contribution in [0.15, 0.2) is 40.6 Å². The predicted octanol–water partition coefficient (Wildman–Crippen LogP) is 3.30. The lowest BCUT2D eigenvalue weighted by Crippen LogP contribution is -2.36. The fourth-order valence-corrected chi connectivity index (χ4v) is 4.07. The molecule has 34 heavy (non-hydrogen) atoms. The van der Waals surface area contributed by atoms with Crippen molar-refractivity contribution in [2.75, 3.05) is 25.5 Å². The number of anilines is 1. The van der Waals surface area contributed by atoms with E-state index in [1.165, 1.54) is 6.20 Å². The van der Waals surface area contributed by atoms with Crippen molar-refractivity contribution in [2.45, 2.75) is 38.1 Å². The van der Waals surface area contributed by atoms with Crippen LogP contribution in [-0.2, 0) is 13.1 Å². The fourth-order valence-electron chi connectivity index (χ4n) is 4.07. The van der Waals surface area contributed by atoms with Crippen molar-refractivity contribution in [2.24, 2.45) is 5.73 Å². The van der Waals surface area contributed by atoms with Gasteiger partial charge in [0.2, 0.25) is 5.89 Å². The number of allylic oxidation sites excluding steroid dienone is 1. The molecule has 1 aromatic carbocycles. The Morgan fingerprint density at radius 3 is 2.74 bits per heavy atom. The fraction of sp³-hybridized carbons (Fsp3) is 0.409. The van der Waals surface area contributed by atoms with E-state index in [-0.39, 0.29) is 30.1 Å². The molecule has 2 aromatic heterocycles. The molecule has 1 saturated heterocycles. The Hall–Kier alpha value is -3.54. The lowest BCUT2D eigenvalue weighted by Gasteiger charge is -2.30. The quantitative estimate of drug-likeness (QED) is 0.368. The molecule has 4 rings (SSSR count). The summed E-state index contributed by atoms with van der Waals surface area (Å²) in [6.45, 7) is 0.818. The second-order valence-electron chi connectivity index (χ2n) is 8.31. The summed E-state index contributed by atoms with van der Waals surface area (Å²) in [5.74, 6) is 0.139. The van der Waals surface area contributed by atoms with Gasteiger partial charge in [-0.3, -0.25) is 0 Å². The molecule has 0 aliphatic carbocycles. The smallest absolute Gasteiger partial charge is 0.406 e. The highest BCUT2D eigenvalue weighted by atomic mass is 19.4. The third-order valence-electron chi connectivity index (χ3n) is 5.83. The van der Waals surface area contributed by atoms with Crippen LogP contribution < -0.4 is 16.4 Å². The Balaban J connectivity index is 1.68. The lowest BCUT2D eigenvalue weighted by molar-refractivity contribution is -0.139. The molecule has 0 atom stereocenters. The minimum atomic E-state index is -4.44. The number of hydrogen-bond acceptors (Lipinski definition) is 8. The molecule has 0 amide bonds. The molecular formula is C22H27F3N8O. The molecular weight excluding hydrogens is 449 g/mol. The van der Waals surface area contributed by atoms with E-state index in [1.54, 1.807) is 18.2 Å². The van der Waals surface area contributed by atoms with Crippen molar-refractivity contribution in [3.8, 4) is 11.6 Å². The average molecular weight is 477 g/mol. The third-order valence-corrected chi connectivity index (χ3v) is 5.83. The van der Waals surface area contributed by atoms with Crippen LogP contribution in [0.4, 0.5) is 18.9 Å². The van der Waals surface area contributed by atoms with Crippen LogP contribution in [0.1, 0.15) is 18.7 Å². The van der Waals surface area contributed by atoms with Crippen molar-refractivity contribution in [3.05, 3.63) is 42.1 Å². The minimum Gasteiger partial charge on any atom is -0.417 e. The van der Waals surface area contributed by atoms with Crippen LogP contribution in [0.25, 0.3) is 22.5 Å². The van der Waals surface area contributed by atoms with Crippen LogP contribution in [0.3, 0.4) is 0 Å². The van der Waals surface area contributed by atoms with E-state index in [2.05, 4.69) is 32.8 Å². The first-order valence-corrected chi connectivity index (χ1v) is 10.9. The minimum absolute atomic E-state index is 0.0179. The third kappa shape index (κ3) is 5.33. The van der Waals surface area contributed by atoms with Crippen LogP contribution in [0, 0.1) is 5.41 Å². The molecule has 3 heterocycles. The summed E-state index contributed by atoms with van der Waals surface area (Å²) in [6.07, 6.45) is -0.287. The lowest BCUT2D eigenvalue weighted by atomic mass is 10.0. The number of alkyl halides is 3. The van der Waals surface area contributed by atoms with Gasteiger partial charge in [-0.1, -0.05) is 6.07 Å². The molecule has 182 valence electrons. The molecule has 1 aliphatic rings. The van der Waals surface area contributed by atoms with E-state index in [0.29, 0.717) is 16.6 Å². The predicted molar refractivity (Wildman–Crippen MR) is 123 cm³/mol. The largest absolute Gasteiger partial charge is 0.417 e. The molecule has 9 nitrogen and oxygen atoms in total. The molecule has 3 aromatic rings. The maximum atomic E-state index is 13.5. The number of hydrogen-bond donors (Lipinski definition) is 4. The number of aromatic nitrogens is 3. The molecule has 1 fully saturated rings. The summed E-state index contributed by atoms with van der Waals surface area (Å²) >= 11 is 0. The van der Waals surface area contributed by atoms with Crippen LogP contribution in [0.5, 0.6) is 0 Å². The summed E-state index contributed by atoms with van der Waals surface area (Å²) in [4.78, 5) is 2.26. The van der Waals surface area contributed by atoms with Gasteiger partial charge in [0.15, 0.2) is 0 Å². The number of piperidine rings is 1. The van der Waals surface area contributed by atoms with Gasteiger partial charge in [0.25, 0.3) is 5.89 Å². The van der Waals surface area contributed by atoms with E-state index in [9.17, 15) is 13.2 Å². The molecule has 0 unspecified atom stereocenters. The van der Waals surface area contributed by atoms with E-state index in [0.717, 1.165) is 42.4 Å². The van der Waals surface area contributed by atoms with Crippen molar-refractivity contribution in [1.29, 1.82) is 5.41 Å². The number of fused-ring (bicyclic) bond motifs is 1. The highest BCUT2D eigenvalue weighted by molar-refractivity contribution is 5.96. The zero-order valence-corrected chi connectivity index (χ0v) is 18.7. The molecule has 0 bridgehead atoms. The van der Waals surface area contributed by atoms with Gasteiger partial charge in [-0.05, 0) is 51.2 Å². The van der Waals surface area contributed by atoms with E-state index >= 15 is 0 Å². The summed E-state index contributed by atoms with van der Waals surface area (Å²) in [5.41, 5.74) is 7.13. The first-order chi connectivity index (χ1) is 16.3. The number of rotatable bonds is 8. The number of nitrogens with zero attached hydrogens (tertiary/aromatic N) is 4. The zero-order chi connectivity index (χ0) is 24.3. The average Bonchev–Trinajstić information content (AvgIpc) is 3.40. The maximum absolute atomic E-state index is 13.5. The number of nitrogens with one attached hydrogen (secondary N) is 3. The Bertz CT molecular complexity index is 1170. The first-order valence-electron chi connectivity index (χ1n) is 10.9. The van der Waals surface area contributed by atoms with Crippen molar-refractivity contribution >= 4 is 22.8 Å². The van der Waals surface area contributed by atoms with Gasteiger partial charge in [0, 0.05) is 29.5 Å². The van der Waals surface area contributed by atoms with Gasteiger partial charge >= 0.3 is 6.18 Å². The molecule has 0 saturated carbocycles. The SMILES string of the molecule is CN1CCC(Nc2cccc3c2cc(-c2nnc(CN/C(C=N)=C/N)o2)n3CC(F)(F)F)CC1. The van der Waals surface area contributed by atoms with Gasteiger partial charge in [-0.25, -0.2) is 0 Å². The second kappa shape index (κ2) is 9.75. The van der Waals surface area contributed by atoms with Gasteiger partial charge in [-0.2, -0.15) is 13.2 Å². The summed E-state index contributed by atoms with van der Waals surface area (Å²) in [6, 6.07) is 7.19. The van der Waals surface area contributed by atoms with Crippen LogP contribution in [0.2, 0.25) is 0 Å². The second-order valence-corrected chi connectivity index (χ2v) is 8.31. The monoisotopic (exact) mass is 476 g/mol. The zero-order valence-electron chi connectivity index (χ0n) is 18.7. The van der Waals surface area contributed by atoms with Gasteiger partial charge in [0.1, 0.15) is 12.2 Å². The molecule has 5 N–H and O–H groups in total. The van der Waals surface area contributed by atoms with E-state index < -0.39 is 12.7 Å².